The first-order valence-corrected chi connectivity index (χ1v) is 9.74. The molecule has 0 aliphatic rings. The first-order valence-electron chi connectivity index (χ1n) is 9.74. The fraction of sp³-hybridized carbons (Fsp3) is 0.125. The summed E-state index contributed by atoms with van der Waals surface area (Å²) in [5.74, 6) is 1.66. The molecule has 0 atom stereocenters. The molecule has 0 spiro atoms. The maximum Gasteiger partial charge on any atom is 0.264 e. The van der Waals surface area contributed by atoms with Gasteiger partial charge in [-0.1, -0.05) is 59.8 Å². The lowest BCUT2D eigenvalue weighted by Crippen LogP contribution is -2.23. The molecule has 1 N–H and O–H groups in total. The van der Waals surface area contributed by atoms with Crippen LogP contribution in [0.2, 0.25) is 0 Å². The number of nitrogens with one attached hydrogen (secondary N) is 1. The Bertz CT molecular complexity index is 1160. The summed E-state index contributed by atoms with van der Waals surface area (Å²) in [4.78, 5) is 17.0. The minimum Gasteiger partial charge on any atom is -0.497 e. The summed E-state index contributed by atoms with van der Waals surface area (Å²) in [5.41, 5.74) is 2.23. The third-order valence-electron chi connectivity index (χ3n) is 4.57. The Labute approximate surface area is 179 Å². The van der Waals surface area contributed by atoms with Gasteiger partial charge in [-0.25, -0.2) is 0 Å². The molecule has 0 bridgehead atoms. The second-order valence-electron chi connectivity index (χ2n) is 6.70. The van der Waals surface area contributed by atoms with Crippen molar-refractivity contribution in [1.29, 1.82) is 0 Å². The fourth-order valence-corrected chi connectivity index (χ4v) is 2.99. The van der Waals surface area contributed by atoms with Gasteiger partial charge in [0.1, 0.15) is 11.5 Å². The molecule has 0 aliphatic carbocycles. The number of rotatable bonds is 8. The van der Waals surface area contributed by atoms with Crippen LogP contribution in [-0.4, -0.2) is 23.2 Å². The van der Waals surface area contributed by atoms with Gasteiger partial charge in [0.25, 0.3) is 11.8 Å². The molecular weight excluding hydrogens is 394 g/mol. The molecule has 0 saturated heterocycles. The van der Waals surface area contributed by atoms with Gasteiger partial charge in [-0.3, -0.25) is 4.79 Å². The third-order valence-corrected chi connectivity index (χ3v) is 4.57. The van der Waals surface area contributed by atoms with E-state index >= 15 is 0 Å². The van der Waals surface area contributed by atoms with Crippen molar-refractivity contribution < 1.29 is 18.8 Å². The standard InChI is InChI=1S/C24H21N3O4/c1-29-19-11-7-10-18(14-19)23-26-22(31-27-23)16-30-21-13-6-5-12-20(21)24(28)25-15-17-8-3-2-4-9-17/h2-14H,15-16H2,1H3,(H,25,28). The van der Waals surface area contributed by atoms with Crippen LogP contribution in [0, 0.1) is 0 Å². The van der Waals surface area contributed by atoms with Crippen molar-refractivity contribution in [2.45, 2.75) is 13.2 Å². The van der Waals surface area contributed by atoms with Gasteiger partial charge < -0.3 is 19.3 Å². The molecule has 1 amide bonds. The number of methoxy groups -OCH3 is 1. The van der Waals surface area contributed by atoms with Crippen LogP contribution in [0.15, 0.2) is 83.4 Å². The number of benzene rings is 3. The second kappa shape index (κ2) is 9.58. The number of para-hydroxylation sites is 1. The molecule has 4 aromatic rings. The Morgan fingerprint density at radius 3 is 2.65 bits per heavy atom. The number of amides is 1. The zero-order chi connectivity index (χ0) is 21.5. The number of nitrogens with zero attached hydrogens (tertiary/aromatic N) is 2. The quantitative estimate of drug-likeness (QED) is 0.463. The number of hydrogen-bond donors (Lipinski definition) is 1. The van der Waals surface area contributed by atoms with Crippen molar-refractivity contribution >= 4 is 5.91 Å². The van der Waals surface area contributed by atoms with Crippen LogP contribution in [0.1, 0.15) is 21.8 Å². The number of carbonyl (C=O) groups is 1. The Morgan fingerprint density at radius 2 is 1.81 bits per heavy atom. The van der Waals surface area contributed by atoms with Gasteiger partial charge in [0, 0.05) is 12.1 Å². The van der Waals surface area contributed by atoms with E-state index < -0.39 is 0 Å². The lowest BCUT2D eigenvalue weighted by atomic mass is 10.1. The molecule has 4 rings (SSSR count). The van der Waals surface area contributed by atoms with Crippen LogP contribution in [0.5, 0.6) is 11.5 Å². The highest BCUT2D eigenvalue weighted by Crippen LogP contribution is 2.23. The molecule has 0 unspecified atom stereocenters. The lowest BCUT2D eigenvalue weighted by Gasteiger charge is -2.10. The Morgan fingerprint density at radius 1 is 1.00 bits per heavy atom. The van der Waals surface area contributed by atoms with Crippen LogP contribution < -0.4 is 14.8 Å². The number of carbonyl (C=O) groups excluding carboxylic acids is 1. The normalized spacial score (nSPS) is 10.5. The molecule has 7 heteroatoms. The van der Waals surface area contributed by atoms with E-state index in [9.17, 15) is 4.79 Å². The van der Waals surface area contributed by atoms with Gasteiger partial charge in [0.05, 0.1) is 12.7 Å². The molecule has 3 aromatic carbocycles. The largest absolute Gasteiger partial charge is 0.497 e. The van der Waals surface area contributed by atoms with Crippen molar-refractivity contribution in [1.82, 2.24) is 15.5 Å². The predicted molar refractivity (Wildman–Crippen MR) is 115 cm³/mol. The van der Waals surface area contributed by atoms with Crippen LogP contribution in [-0.2, 0) is 13.2 Å². The summed E-state index contributed by atoms with van der Waals surface area (Å²) in [6.45, 7) is 0.474. The fourth-order valence-electron chi connectivity index (χ4n) is 2.99. The van der Waals surface area contributed by atoms with Crippen LogP contribution in [0.4, 0.5) is 0 Å². The summed E-state index contributed by atoms with van der Waals surface area (Å²) in [6.07, 6.45) is 0. The molecule has 1 heterocycles. The summed E-state index contributed by atoms with van der Waals surface area (Å²) in [7, 11) is 1.60. The monoisotopic (exact) mass is 415 g/mol. The van der Waals surface area contributed by atoms with E-state index in [4.69, 9.17) is 14.0 Å². The second-order valence-corrected chi connectivity index (χ2v) is 6.70. The molecule has 0 fully saturated rings. The summed E-state index contributed by atoms with van der Waals surface area (Å²) in [5, 5.41) is 6.90. The number of hydrogen-bond acceptors (Lipinski definition) is 6. The zero-order valence-electron chi connectivity index (χ0n) is 16.9. The Balaban J connectivity index is 1.41. The van der Waals surface area contributed by atoms with Gasteiger partial charge in [-0.05, 0) is 29.8 Å². The topological polar surface area (TPSA) is 86.5 Å². The molecular formula is C24H21N3O4. The smallest absolute Gasteiger partial charge is 0.264 e. The SMILES string of the molecule is COc1cccc(-c2noc(COc3ccccc3C(=O)NCc3ccccc3)n2)c1. The summed E-state index contributed by atoms with van der Waals surface area (Å²) in [6, 6.07) is 24.1. The van der Waals surface area contributed by atoms with E-state index in [0.717, 1.165) is 11.1 Å². The Hall–Kier alpha value is -4.13. The van der Waals surface area contributed by atoms with E-state index in [2.05, 4.69) is 15.5 Å². The maximum atomic E-state index is 12.6. The number of ether oxygens (including phenoxy) is 2. The van der Waals surface area contributed by atoms with Crippen molar-refractivity contribution in [2.24, 2.45) is 0 Å². The number of aromatic nitrogens is 2. The van der Waals surface area contributed by atoms with Crippen LogP contribution in [0.25, 0.3) is 11.4 Å². The minimum atomic E-state index is -0.220. The average molecular weight is 415 g/mol. The van der Waals surface area contributed by atoms with E-state index in [1.54, 1.807) is 31.4 Å². The van der Waals surface area contributed by atoms with Crippen LogP contribution >= 0.6 is 0 Å². The van der Waals surface area contributed by atoms with Crippen molar-refractivity contribution in [2.75, 3.05) is 7.11 Å². The highest BCUT2D eigenvalue weighted by Gasteiger charge is 2.14. The zero-order valence-corrected chi connectivity index (χ0v) is 16.9. The van der Waals surface area contributed by atoms with Crippen molar-refractivity contribution in [3.8, 4) is 22.9 Å². The molecule has 156 valence electrons. The van der Waals surface area contributed by atoms with Crippen molar-refractivity contribution in [3.05, 3.63) is 95.9 Å². The summed E-state index contributed by atoms with van der Waals surface area (Å²) < 4.78 is 16.3. The van der Waals surface area contributed by atoms with Gasteiger partial charge >= 0.3 is 0 Å². The van der Waals surface area contributed by atoms with E-state index in [0.29, 0.717) is 35.3 Å². The average Bonchev–Trinajstić information content (AvgIpc) is 3.31. The first-order chi connectivity index (χ1) is 15.2. The van der Waals surface area contributed by atoms with Gasteiger partial charge in [0.15, 0.2) is 6.61 Å². The predicted octanol–water partition coefficient (Wildman–Crippen LogP) is 4.25. The van der Waals surface area contributed by atoms with Crippen LogP contribution in [0.3, 0.4) is 0 Å². The minimum absolute atomic E-state index is 0.0416. The first kappa shape index (κ1) is 20.2. The summed E-state index contributed by atoms with van der Waals surface area (Å²) >= 11 is 0. The highest BCUT2D eigenvalue weighted by atomic mass is 16.5. The molecule has 1 aromatic heterocycles. The lowest BCUT2D eigenvalue weighted by molar-refractivity contribution is 0.0945. The third kappa shape index (κ3) is 5.08. The van der Waals surface area contributed by atoms with E-state index in [1.807, 2.05) is 54.6 Å². The molecule has 0 saturated carbocycles. The molecule has 7 nitrogen and oxygen atoms in total. The Kier molecular flexibility index (Phi) is 6.23. The molecule has 31 heavy (non-hydrogen) atoms. The van der Waals surface area contributed by atoms with Gasteiger partial charge in [-0.15, -0.1) is 0 Å². The van der Waals surface area contributed by atoms with E-state index in [1.165, 1.54) is 0 Å². The molecule has 0 radical (unpaired) electrons. The van der Waals surface area contributed by atoms with Gasteiger partial charge in [0.2, 0.25) is 5.82 Å². The maximum absolute atomic E-state index is 12.6. The van der Waals surface area contributed by atoms with Crippen molar-refractivity contribution in [3.63, 3.8) is 0 Å². The van der Waals surface area contributed by atoms with Gasteiger partial charge in [-0.2, -0.15) is 4.98 Å². The van der Waals surface area contributed by atoms with E-state index in [-0.39, 0.29) is 12.5 Å². The molecule has 0 aliphatic heterocycles. The highest BCUT2D eigenvalue weighted by molar-refractivity contribution is 5.96.